The first kappa shape index (κ1) is 21.0. The Morgan fingerprint density at radius 1 is 0.879 bits per heavy atom. The van der Waals surface area contributed by atoms with Crippen LogP contribution in [0.3, 0.4) is 0 Å². The van der Waals surface area contributed by atoms with E-state index in [0.29, 0.717) is 27.2 Å². The lowest BCUT2D eigenvalue weighted by Gasteiger charge is -2.14. The highest BCUT2D eigenvalue weighted by atomic mass is 35.5. The molecule has 0 N–H and O–H groups in total. The molecule has 0 aliphatic carbocycles. The van der Waals surface area contributed by atoms with E-state index in [4.69, 9.17) is 27.9 Å². The van der Waals surface area contributed by atoms with E-state index in [2.05, 4.69) is 10.1 Å². The third-order valence-electron chi connectivity index (χ3n) is 5.02. The van der Waals surface area contributed by atoms with Crippen LogP contribution in [-0.2, 0) is 0 Å². The Morgan fingerprint density at radius 2 is 1.67 bits per heavy atom. The van der Waals surface area contributed by atoms with E-state index < -0.39 is 5.56 Å². The Labute approximate surface area is 199 Å². The van der Waals surface area contributed by atoms with Gasteiger partial charge >= 0.3 is 5.56 Å². The first-order valence-electron chi connectivity index (χ1n) is 9.99. The second kappa shape index (κ2) is 8.94. The monoisotopic (exact) mass is 474 g/mol. The van der Waals surface area contributed by atoms with Crippen molar-refractivity contribution in [2.24, 2.45) is 0 Å². The summed E-state index contributed by atoms with van der Waals surface area (Å²) in [6, 6.07) is 22.1. The van der Waals surface area contributed by atoms with Crippen LogP contribution in [0.15, 0.2) is 103 Å². The molecule has 3 aromatic carbocycles. The van der Waals surface area contributed by atoms with Gasteiger partial charge in [0.15, 0.2) is 0 Å². The van der Waals surface area contributed by atoms with Crippen molar-refractivity contribution in [3.05, 3.63) is 118 Å². The zero-order valence-corrected chi connectivity index (χ0v) is 18.6. The summed E-state index contributed by atoms with van der Waals surface area (Å²) in [5, 5.41) is 5.25. The zero-order chi connectivity index (χ0) is 22.8. The number of halogens is 2. The lowest BCUT2D eigenvalue weighted by molar-refractivity contribution is 0.465. The smallest absolute Gasteiger partial charge is 0.316 e. The molecule has 5 aromatic rings. The van der Waals surface area contributed by atoms with Crippen LogP contribution in [0.2, 0.25) is 10.0 Å². The van der Waals surface area contributed by atoms with E-state index in [1.165, 1.54) is 4.68 Å². The topological polar surface area (TPSA) is 61.9 Å². The van der Waals surface area contributed by atoms with Gasteiger partial charge in [-0.1, -0.05) is 59.6 Å². The standard InChI is InChI=1S/C25H16Cl2N4O2/c26-19-7-9-20(10-8-19)31-25(32)24(22(15-29-31)30-13-12-28-16-30)33-23-11-6-18(14-21(23)27)17-4-2-1-3-5-17/h1-16H. The molecule has 0 aliphatic rings. The molecule has 0 aliphatic heterocycles. The molecule has 0 saturated heterocycles. The number of rotatable bonds is 5. The molecular weight excluding hydrogens is 459 g/mol. The number of benzene rings is 3. The van der Waals surface area contributed by atoms with Gasteiger partial charge in [-0.05, 0) is 47.5 Å². The van der Waals surface area contributed by atoms with Crippen molar-refractivity contribution < 1.29 is 4.74 Å². The summed E-state index contributed by atoms with van der Waals surface area (Å²) in [5.41, 5.74) is 2.50. The minimum absolute atomic E-state index is 0.0623. The fourth-order valence-electron chi connectivity index (χ4n) is 3.38. The maximum Gasteiger partial charge on any atom is 0.316 e. The molecule has 0 spiro atoms. The lowest BCUT2D eigenvalue weighted by atomic mass is 10.1. The van der Waals surface area contributed by atoms with E-state index >= 15 is 0 Å². The first-order valence-corrected chi connectivity index (χ1v) is 10.8. The van der Waals surface area contributed by atoms with E-state index in [9.17, 15) is 4.79 Å². The third-order valence-corrected chi connectivity index (χ3v) is 5.57. The molecule has 0 amide bonds. The lowest BCUT2D eigenvalue weighted by Crippen LogP contribution is -2.23. The van der Waals surface area contributed by atoms with Crippen molar-refractivity contribution in [3.8, 4) is 34.0 Å². The van der Waals surface area contributed by atoms with Crippen LogP contribution in [0.5, 0.6) is 11.5 Å². The van der Waals surface area contributed by atoms with Crippen LogP contribution in [-0.4, -0.2) is 19.3 Å². The van der Waals surface area contributed by atoms with Crippen molar-refractivity contribution in [1.82, 2.24) is 19.3 Å². The highest BCUT2D eigenvalue weighted by Gasteiger charge is 2.18. The van der Waals surface area contributed by atoms with Crippen LogP contribution < -0.4 is 10.3 Å². The number of hydrogen-bond acceptors (Lipinski definition) is 4. The minimum atomic E-state index is -0.452. The fraction of sp³-hybridized carbons (Fsp3) is 0. The van der Waals surface area contributed by atoms with Crippen molar-refractivity contribution in [1.29, 1.82) is 0 Å². The van der Waals surface area contributed by atoms with Gasteiger partial charge in [-0.3, -0.25) is 4.79 Å². The maximum absolute atomic E-state index is 13.4. The van der Waals surface area contributed by atoms with Gasteiger partial charge in [-0.15, -0.1) is 0 Å². The molecule has 0 radical (unpaired) electrons. The number of imidazole rings is 1. The van der Waals surface area contributed by atoms with Crippen LogP contribution in [0, 0.1) is 0 Å². The minimum Gasteiger partial charge on any atom is -0.448 e. The summed E-state index contributed by atoms with van der Waals surface area (Å²) in [5.74, 6) is 0.413. The molecule has 8 heteroatoms. The van der Waals surface area contributed by atoms with Crippen LogP contribution in [0.4, 0.5) is 0 Å². The molecule has 0 atom stereocenters. The van der Waals surface area contributed by atoms with Gasteiger partial charge in [0.1, 0.15) is 11.4 Å². The summed E-state index contributed by atoms with van der Waals surface area (Å²) in [6.45, 7) is 0. The van der Waals surface area contributed by atoms with Crippen molar-refractivity contribution in [2.75, 3.05) is 0 Å². The van der Waals surface area contributed by atoms with Gasteiger partial charge in [0.2, 0.25) is 5.75 Å². The third kappa shape index (κ3) is 4.26. The number of nitrogens with zero attached hydrogens (tertiary/aromatic N) is 4. The second-order valence-corrected chi connectivity index (χ2v) is 7.98. The Hall–Kier alpha value is -3.87. The van der Waals surface area contributed by atoms with Gasteiger partial charge in [0.25, 0.3) is 0 Å². The van der Waals surface area contributed by atoms with Gasteiger partial charge in [0.05, 0.1) is 23.2 Å². The molecule has 0 fully saturated rings. The Kier molecular flexibility index (Phi) is 5.69. The molecule has 5 rings (SSSR count). The molecular formula is C25H16Cl2N4O2. The normalized spacial score (nSPS) is 10.8. The van der Waals surface area contributed by atoms with Crippen molar-refractivity contribution in [3.63, 3.8) is 0 Å². The van der Waals surface area contributed by atoms with E-state index in [1.807, 2.05) is 42.5 Å². The number of aromatic nitrogens is 4. The number of hydrogen-bond donors (Lipinski definition) is 0. The summed E-state index contributed by atoms with van der Waals surface area (Å²) in [6.07, 6.45) is 6.42. The van der Waals surface area contributed by atoms with Crippen molar-refractivity contribution >= 4 is 23.2 Å². The SMILES string of the molecule is O=c1c(Oc2ccc(-c3ccccc3)cc2Cl)c(-n2ccnc2)cnn1-c1ccc(Cl)cc1. The Bertz CT molecular complexity index is 1470. The molecule has 0 bridgehead atoms. The highest BCUT2D eigenvalue weighted by Crippen LogP contribution is 2.34. The van der Waals surface area contributed by atoms with E-state index in [1.54, 1.807) is 59.8 Å². The summed E-state index contributed by atoms with van der Waals surface area (Å²) in [4.78, 5) is 17.5. The molecule has 2 heterocycles. The predicted molar refractivity (Wildman–Crippen MR) is 129 cm³/mol. The Balaban J connectivity index is 1.60. The molecule has 0 saturated carbocycles. The van der Waals surface area contributed by atoms with E-state index in [0.717, 1.165) is 11.1 Å². The van der Waals surface area contributed by atoms with Crippen LogP contribution in [0.25, 0.3) is 22.5 Å². The second-order valence-electron chi connectivity index (χ2n) is 7.14. The maximum atomic E-state index is 13.4. The molecule has 6 nitrogen and oxygen atoms in total. The summed E-state index contributed by atoms with van der Waals surface area (Å²) in [7, 11) is 0. The summed E-state index contributed by atoms with van der Waals surface area (Å²) < 4.78 is 8.99. The largest absolute Gasteiger partial charge is 0.448 e. The summed E-state index contributed by atoms with van der Waals surface area (Å²) >= 11 is 12.5. The van der Waals surface area contributed by atoms with Gasteiger partial charge in [0, 0.05) is 17.4 Å². The molecule has 0 unspecified atom stereocenters. The number of ether oxygens (including phenoxy) is 1. The quantitative estimate of drug-likeness (QED) is 0.304. The van der Waals surface area contributed by atoms with Gasteiger partial charge in [-0.2, -0.15) is 9.78 Å². The molecule has 2 aromatic heterocycles. The van der Waals surface area contributed by atoms with E-state index in [-0.39, 0.29) is 5.75 Å². The van der Waals surface area contributed by atoms with Crippen LogP contribution in [0.1, 0.15) is 0 Å². The molecule has 33 heavy (non-hydrogen) atoms. The van der Waals surface area contributed by atoms with Gasteiger partial charge < -0.3 is 9.30 Å². The Morgan fingerprint density at radius 3 is 2.36 bits per heavy atom. The van der Waals surface area contributed by atoms with Crippen LogP contribution >= 0.6 is 23.2 Å². The van der Waals surface area contributed by atoms with Crippen molar-refractivity contribution in [2.45, 2.75) is 0 Å². The fourth-order valence-corrected chi connectivity index (χ4v) is 3.73. The average Bonchev–Trinajstić information content (AvgIpc) is 3.37. The average molecular weight is 475 g/mol. The zero-order valence-electron chi connectivity index (χ0n) is 17.1. The predicted octanol–water partition coefficient (Wildman–Crippen LogP) is 6.18. The highest BCUT2D eigenvalue weighted by molar-refractivity contribution is 6.32. The van der Waals surface area contributed by atoms with Gasteiger partial charge in [-0.25, -0.2) is 4.98 Å². The first-order chi connectivity index (χ1) is 16.1. The molecule has 162 valence electrons.